The third-order valence-corrected chi connectivity index (χ3v) is 7.19. The molecule has 0 saturated heterocycles. The minimum absolute atomic E-state index is 0.0460. The molecule has 0 radical (unpaired) electrons. The van der Waals surface area contributed by atoms with Crippen molar-refractivity contribution in [2.24, 2.45) is 7.05 Å². The van der Waals surface area contributed by atoms with Crippen molar-refractivity contribution >= 4 is 11.4 Å². The van der Waals surface area contributed by atoms with E-state index in [1.54, 1.807) is 10.9 Å². The molecule has 5 aromatic rings. The maximum Gasteiger partial charge on any atom is 0.272 e. The topological polar surface area (TPSA) is 73.2 Å². The SMILES string of the molecule is Cc1cc(-c2ccnn3cc(-c4cnn(C)c4)cc23)ccc1CN1CCn2c(cnc2C(C)(C)C)C1=O. The highest BCUT2D eigenvalue weighted by atomic mass is 16.2. The van der Waals surface area contributed by atoms with Gasteiger partial charge in [0.25, 0.3) is 5.91 Å². The Morgan fingerprint density at radius 3 is 2.51 bits per heavy atom. The number of aromatic nitrogens is 6. The molecule has 6 rings (SSSR count). The molecule has 0 unspecified atom stereocenters. The molecule has 0 N–H and O–H groups in total. The van der Waals surface area contributed by atoms with Gasteiger partial charge in [0.1, 0.15) is 11.5 Å². The molecule has 1 aromatic carbocycles. The van der Waals surface area contributed by atoms with Crippen LogP contribution in [0, 0.1) is 6.92 Å². The molecule has 0 atom stereocenters. The highest BCUT2D eigenvalue weighted by Gasteiger charge is 2.31. The Labute approximate surface area is 216 Å². The third-order valence-electron chi connectivity index (χ3n) is 7.19. The number of benzene rings is 1. The van der Waals surface area contributed by atoms with Crippen LogP contribution in [0.3, 0.4) is 0 Å². The molecule has 37 heavy (non-hydrogen) atoms. The number of amides is 1. The van der Waals surface area contributed by atoms with E-state index >= 15 is 0 Å². The minimum atomic E-state index is -0.0930. The number of carbonyl (C=O) groups is 1. The van der Waals surface area contributed by atoms with Crippen molar-refractivity contribution < 1.29 is 4.79 Å². The van der Waals surface area contributed by atoms with Gasteiger partial charge in [-0.05, 0) is 35.7 Å². The first-order valence-corrected chi connectivity index (χ1v) is 12.6. The molecule has 0 spiro atoms. The van der Waals surface area contributed by atoms with E-state index in [2.05, 4.69) is 77.8 Å². The fourth-order valence-electron chi connectivity index (χ4n) is 5.24. The number of aryl methyl sites for hydroxylation is 2. The molecular weight excluding hydrogens is 462 g/mol. The lowest BCUT2D eigenvalue weighted by atomic mass is 9.95. The zero-order valence-electron chi connectivity index (χ0n) is 21.9. The lowest BCUT2D eigenvalue weighted by Gasteiger charge is -2.31. The molecule has 188 valence electrons. The first kappa shape index (κ1) is 23.2. The summed E-state index contributed by atoms with van der Waals surface area (Å²) in [5.74, 6) is 1.02. The third kappa shape index (κ3) is 4.02. The van der Waals surface area contributed by atoms with Crippen molar-refractivity contribution in [2.45, 2.75) is 46.2 Å². The number of hydrogen-bond donors (Lipinski definition) is 0. The van der Waals surface area contributed by atoms with Gasteiger partial charge in [0, 0.05) is 67.4 Å². The molecule has 0 saturated carbocycles. The smallest absolute Gasteiger partial charge is 0.272 e. The molecule has 5 heterocycles. The lowest BCUT2D eigenvalue weighted by molar-refractivity contribution is 0.0688. The second-order valence-corrected chi connectivity index (χ2v) is 10.9. The number of carbonyl (C=O) groups excluding carboxylic acids is 1. The second kappa shape index (κ2) is 8.44. The van der Waals surface area contributed by atoms with Crippen LogP contribution in [0.25, 0.3) is 27.8 Å². The summed E-state index contributed by atoms with van der Waals surface area (Å²) in [6.45, 7) is 10.6. The van der Waals surface area contributed by atoms with Crippen LogP contribution in [0.4, 0.5) is 0 Å². The average Bonchev–Trinajstić information content (AvgIpc) is 3.59. The number of rotatable bonds is 4. The van der Waals surface area contributed by atoms with Gasteiger partial charge in [-0.15, -0.1) is 0 Å². The summed E-state index contributed by atoms with van der Waals surface area (Å²) >= 11 is 0. The fraction of sp³-hybridized carbons (Fsp3) is 0.310. The summed E-state index contributed by atoms with van der Waals surface area (Å²) in [5.41, 5.74) is 8.34. The van der Waals surface area contributed by atoms with E-state index in [0.717, 1.165) is 51.3 Å². The summed E-state index contributed by atoms with van der Waals surface area (Å²) in [5, 5.41) is 8.82. The Balaban J connectivity index is 1.27. The molecule has 8 nitrogen and oxygen atoms in total. The number of nitrogens with zero attached hydrogens (tertiary/aromatic N) is 7. The Kier molecular flexibility index (Phi) is 5.29. The van der Waals surface area contributed by atoms with Crippen LogP contribution in [-0.4, -0.2) is 46.3 Å². The quantitative estimate of drug-likeness (QED) is 0.358. The van der Waals surface area contributed by atoms with Crippen molar-refractivity contribution in [2.75, 3.05) is 6.54 Å². The first-order valence-electron chi connectivity index (χ1n) is 12.6. The molecule has 0 fully saturated rings. The van der Waals surface area contributed by atoms with Crippen LogP contribution in [0.2, 0.25) is 0 Å². The van der Waals surface area contributed by atoms with E-state index in [9.17, 15) is 4.79 Å². The molecular formula is C29H31N7O. The molecule has 0 bridgehead atoms. The first-order chi connectivity index (χ1) is 17.7. The highest BCUT2D eigenvalue weighted by Crippen LogP contribution is 2.31. The second-order valence-electron chi connectivity index (χ2n) is 10.9. The number of fused-ring (bicyclic) bond motifs is 2. The van der Waals surface area contributed by atoms with Gasteiger partial charge in [0.2, 0.25) is 0 Å². The molecule has 4 aromatic heterocycles. The van der Waals surface area contributed by atoms with Gasteiger partial charge in [-0.25, -0.2) is 9.50 Å². The van der Waals surface area contributed by atoms with Crippen LogP contribution in [0.1, 0.15) is 48.2 Å². The minimum Gasteiger partial charge on any atom is -0.331 e. The van der Waals surface area contributed by atoms with Crippen LogP contribution in [0.5, 0.6) is 0 Å². The lowest BCUT2D eigenvalue weighted by Crippen LogP contribution is -2.40. The summed E-state index contributed by atoms with van der Waals surface area (Å²) in [6.07, 6.45) is 9.48. The fourth-order valence-corrected chi connectivity index (χ4v) is 5.24. The zero-order chi connectivity index (χ0) is 25.9. The van der Waals surface area contributed by atoms with Crippen molar-refractivity contribution in [3.05, 3.63) is 84.0 Å². The van der Waals surface area contributed by atoms with E-state index in [0.29, 0.717) is 18.8 Å². The van der Waals surface area contributed by atoms with Gasteiger partial charge in [0.15, 0.2) is 0 Å². The maximum atomic E-state index is 13.3. The van der Waals surface area contributed by atoms with Gasteiger partial charge in [-0.3, -0.25) is 9.48 Å². The number of imidazole rings is 1. The maximum absolute atomic E-state index is 13.3. The van der Waals surface area contributed by atoms with Crippen molar-refractivity contribution in [3.8, 4) is 22.3 Å². The van der Waals surface area contributed by atoms with Crippen LogP contribution in [-0.2, 0) is 25.6 Å². The summed E-state index contributed by atoms with van der Waals surface area (Å²) < 4.78 is 5.81. The van der Waals surface area contributed by atoms with Gasteiger partial charge >= 0.3 is 0 Å². The van der Waals surface area contributed by atoms with Crippen molar-refractivity contribution in [1.82, 2.24) is 33.8 Å². The zero-order valence-corrected chi connectivity index (χ0v) is 21.9. The van der Waals surface area contributed by atoms with Gasteiger partial charge in [0.05, 0.1) is 17.9 Å². The van der Waals surface area contributed by atoms with Gasteiger partial charge in [-0.1, -0.05) is 39.0 Å². The predicted molar refractivity (Wildman–Crippen MR) is 143 cm³/mol. The summed E-state index contributed by atoms with van der Waals surface area (Å²) in [6, 6.07) is 10.7. The molecule has 1 amide bonds. The molecule has 0 aliphatic carbocycles. The van der Waals surface area contributed by atoms with Gasteiger partial charge in [-0.2, -0.15) is 10.2 Å². The standard InChI is InChI=1S/C29H31N7O/c1-19-12-20(24-8-9-31-36-18-22(13-25(24)36)23-14-32-33(5)16-23)6-7-21(19)17-34-10-11-35-26(27(34)37)15-30-28(35)29(2,3)4/h6-9,12-16,18H,10-11,17H2,1-5H3. The molecule has 1 aliphatic heterocycles. The van der Waals surface area contributed by atoms with Gasteiger partial charge < -0.3 is 9.47 Å². The van der Waals surface area contributed by atoms with Crippen LogP contribution >= 0.6 is 0 Å². The van der Waals surface area contributed by atoms with Crippen molar-refractivity contribution in [1.29, 1.82) is 0 Å². The normalized spacial score (nSPS) is 14.0. The van der Waals surface area contributed by atoms with E-state index in [-0.39, 0.29) is 11.3 Å². The highest BCUT2D eigenvalue weighted by molar-refractivity contribution is 5.93. The Hall–Kier alpha value is -4.20. The Morgan fingerprint density at radius 1 is 0.946 bits per heavy atom. The summed E-state index contributed by atoms with van der Waals surface area (Å²) in [4.78, 5) is 19.8. The number of hydrogen-bond acceptors (Lipinski definition) is 4. The van der Waals surface area contributed by atoms with E-state index in [1.807, 2.05) is 41.3 Å². The van der Waals surface area contributed by atoms with E-state index < -0.39 is 0 Å². The Morgan fingerprint density at radius 2 is 1.78 bits per heavy atom. The summed E-state index contributed by atoms with van der Waals surface area (Å²) in [7, 11) is 1.92. The Bertz CT molecular complexity index is 1650. The monoisotopic (exact) mass is 493 g/mol. The molecule has 8 heteroatoms. The van der Waals surface area contributed by atoms with Crippen molar-refractivity contribution in [3.63, 3.8) is 0 Å². The van der Waals surface area contributed by atoms with Crippen LogP contribution in [0.15, 0.2) is 61.3 Å². The predicted octanol–water partition coefficient (Wildman–Crippen LogP) is 4.86. The molecule has 1 aliphatic rings. The van der Waals surface area contributed by atoms with E-state index in [1.165, 1.54) is 0 Å². The van der Waals surface area contributed by atoms with Crippen LogP contribution < -0.4 is 0 Å². The average molecular weight is 494 g/mol. The largest absolute Gasteiger partial charge is 0.331 e. The van der Waals surface area contributed by atoms with E-state index in [4.69, 9.17) is 0 Å².